The standard InChI is InChI=1S/C21H27FN4O3/c1-15-24-19(14-29-15)11-23-21(28)25(2)12-16-7-9-26(10-8-16)13-20(27)17-3-5-18(22)6-4-17/h3-6,14,16H,7-13H2,1-2H3,(H,23,28). The number of nitrogens with one attached hydrogen (secondary N) is 1. The molecule has 1 aliphatic heterocycles. The van der Waals surface area contributed by atoms with Crippen molar-refractivity contribution in [2.75, 3.05) is 33.2 Å². The molecule has 0 unspecified atom stereocenters. The number of urea groups is 1. The fourth-order valence-corrected chi connectivity index (χ4v) is 3.52. The van der Waals surface area contributed by atoms with Crippen molar-refractivity contribution in [1.82, 2.24) is 20.1 Å². The molecule has 2 aromatic rings. The van der Waals surface area contributed by atoms with Crippen LogP contribution >= 0.6 is 0 Å². The number of aryl methyl sites for hydroxylation is 1. The average Bonchev–Trinajstić information content (AvgIpc) is 3.13. The summed E-state index contributed by atoms with van der Waals surface area (Å²) in [6, 6.07) is 5.53. The van der Waals surface area contributed by atoms with Gasteiger partial charge in [0.05, 0.1) is 18.8 Å². The number of benzene rings is 1. The molecule has 1 N–H and O–H groups in total. The maximum atomic E-state index is 13.0. The first-order chi connectivity index (χ1) is 13.9. The number of hydrogen-bond acceptors (Lipinski definition) is 5. The summed E-state index contributed by atoms with van der Waals surface area (Å²) >= 11 is 0. The zero-order chi connectivity index (χ0) is 20.8. The monoisotopic (exact) mass is 402 g/mol. The summed E-state index contributed by atoms with van der Waals surface area (Å²) in [5.41, 5.74) is 1.23. The van der Waals surface area contributed by atoms with Gasteiger partial charge in [-0.15, -0.1) is 0 Å². The summed E-state index contributed by atoms with van der Waals surface area (Å²) in [5, 5.41) is 2.84. The van der Waals surface area contributed by atoms with Crippen LogP contribution in [0.3, 0.4) is 0 Å². The molecule has 2 heterocycles. The topological polar surface area (TPSA) is 78.7 Å². The van der Waals surface area contributed by atoms with Crippen LogP contribution in [0, 0.1) is 18.7 Å². The minimum Gasteiger partial charge on any atom is -0.449 e. The molecular formula is C21H27FN4O3. The number of piperidine rings is 1. The van der Waals surface area contributed by atoms with Crippen LogP contribution in [-0.4, -0.2) is 59.8 Å². The van der Waals surface area contributed by atoms with E-state index < -0.39 is 0 Å². The van der Waals surface area contributed by atoms with Crippen molar-refractivity contribution >= 4 is 11.8 Å². The van der Waals surface area contributed by atoms with Crippen LogP contribution < -0.4 is 5.32 Å². The van der Waals surface area contributed by atoms with Crippen LogP contribution in [0.4, 0.5) is 9.18 Å². The van der Waals surface area contributed by atoms with Crippen LogP contribution in [0.25, 0.3) is 0 Å². The van der Waals surface area contributed by atoms with Gasteiger partial charge >= 0.3 is 6.03 Å². The second-order valence-corrected chi connectivity index (χ2v) is 7.55. The Morgan fingerprint density at radius 1 is 1.28 bits per heavy atom. The third-order valence-electron chi connectivity index (χ3n) is 5.21. The number of nitrogens with zero attached hydrogens (tertiary/aromatic N) is 3. The van der Waals surface area contributed by atoms with Crippen LogP contribution in [0.1, 0.15) is 34.8 Å². The van der Waals surface area contributed by atoms with E-state index in [1.807, 2.05) is 0 Å². The highest BCUT2D eigenvalue weighted by atomic mass is 19.1. The molecule has 1 aromatic heterocycles. The molecule has 0 radical (unpaired) electrons. The van der Waals surface area contributed by atoms with Gasteiger partial charge in [0, 0.05) is 26.1 Å². The van der Waals surface area contributed by atoms with Crippen molar-refractivity contribution < 1.29 is 18.4 Å². The Morgan fingerprint density at radius 3 is 2.59 bits per heavy atom. The molecule has 1 fully saturated rings. The van der Waals surface area contributed by atoms with Crippen molar-refractivity contribution in [3.05, 3.63) is 53.5 Å². The number of halogens is 1. The first-order valence-electron chi connectivity index (χ1n) is 9.82. The van der Waals surface area contributed by atoms with Crippen LogP contribution in [0.15, 0.2) is 34.9 Å². The number of Topliss-reactive ketones (excluding diaryl/α,β-unsaturated/α-hetero) is 1. The lowest BCUT2D eigenvalue weighted by atomic mass is 9.96. The van der Waals surface area contributed by atoms with E-state index in [0.717, 1.165) is 25.9 Å². The predicted molar refractivity (Wildman–Crippen MR) is 106 cm³/mol. The SMILES string of the molecule is Cc1nc(CNC(=O)N(C)CC2CCN(CC(=O)c3ccc(F)cc3)CC2)co1. The van der Waals surface area contributed by atoms with Gasteiger partial charge < -0.3 is 14.6 Å². The molecule has 156 valence electrons. The Morgan fingerprint density at radius 2 is 1.97 bits per heavy atom. The molecule has 29 heavy (non-hydrogen) atoms. The lowest BCUT2D eigenvalue weighted by molar-refractivity contribution is 0.0886. The Labute approximate surface area is 169 Å². The van der Waals surface area contributed by atoms with E-state index in [0.29, 0.717) is 42.7 Å². The van der Waals surface area contributed by atoms with Crippen molar-refractivity contribution in [2.24, 2.45) is 5.92 Å². The largest absolute Gasteiger partial charge is 0.449 e. The van der Waals surface area contributed by atoms with Crippen LogP contribution in [0.5, 0.6) is 0 Å². The fraction of sp³-hybridized carbons (Fsp3) is 0.476. The zero-order valence-corrected chi connectivity index (χ0v) is 16.9. The Kier molecular flexibility index (Phi) is 6.98. The van der Waals surface area contributed by atoms with Crippen LogP contribution in [-0.2, 0) is 6.54 Å². The summed E-state index contributed by atoms with van der Waals surface area (Å²) < 4.78 is 18.1. The number of ketones is 1. The van der Waals surface area contributed by atoms with E-state index in [9.17, 15) is 14.0 Å². The highest BCUT2D eigenvalue weighted by Crippen LogP contribution is 2.18. The molecular weight excluding hydrogens is 375 g/mol. The number of amides is 2. The number of carbonyl (C=O) groups is 2. The van der Waals surface area contributed by atoms with E-state index in [1.54, 1.807) is 25.1 Å². The second kappa shape index (κ2) is 9.65. The molecule has 0 bridgehead atoms. The van der Waals surface area contributed by atoms with Gasteiger partial charge in [0.15, 0.2) is 11.7 Å². The van der Waals surface area contributed by atoms with E-state index in [1.165, 1.54) is 24.3 Å². The van der Waals surface area contributed by atoms with Gasteiger partial charge in [0.25, 0.3) is 0 Å². The molecule has 7 nitrogen and oxygen atoms in total. The smallest absolute Gasteiger partial charge is 0.317 e. The number of oxazole rings is 1. The summed E-state index contributed by atoms with van der Waals surface area (Å²) in [6.07, 6.45) is 3.40. The van der Waals surface area contributed by atoms with Gasteiger partial charge in [-0.1, -0.05) is 0 Å². The van der Waals surface area contributed by atoms with Crippen molar-refractivity contribution in [3.8, 4) is 0 Å². The lowest BCUT2D eigenvalue weighted by Crippen LogP contribution is -2.43. The Bertz CT molecular complexity index is 829. The fourth-order valence-electron chi connectivity index (χ4n) is 3.52. The molecule has 0 saturated carbocycles. The second-order valence-electron chi connectivity index (χ2n) is 7.55. The normalized spacial score (nSPS) is 15.3. The maximum Gasteiger partial charge on any atom is 0.317 e. The van der Waals surface area contributed by atoms with Crippen molar-refractivity contribution in [3.63, 3.8) is 0 Å². The molecule has 0 spiro atoms. The van der Waals surface area contributed by atoms with Gasteiger partial charge in [-0.25, -0.2) is 14.2 Å². The van der Waals surface area contributed by atoms with E-state index in [4.69, 9.17) is 4.42 Å². The highest BCUT2D eigenvalue weighted by Gasteiger charge is 2.23. The molecule has 0 atom stereocenters. The minimum atomic E-state index is -0.341. The molecule has 0 aliphatic carbocycles. The number of rotatable bonds is 7. The summed E-state index contributed by atoms with van der Waals surface area (Å²) in [5.74, 6) is 0.638. The van der Waals surface area contributed by atoms with E-state index in [-0.39, 0.29) is 17.6 Å². The molecule has 1 aliphatic rings. The van der Waals surface area contributed by atoms with E-state index >= 15 is 0 Å². The summed E-state index contributed by atoms with van der Waals surface area (Å²) in [6.45, 7) is 4.73. The first kappa shape index (κ1) is 21.0. The number of carbonyl (C=O) groups excluding carboxylic acids is 2. The number of likely N-dealkylation sites (tertiary alicyclic amines) is 1. The van der Waals surface area contributed by atoms with Gasteiger partial charge in [-0.05, 0) is 56.1 Å². The third kappa shape index (κ3) is 6.12. The zero-order valence-electron chi connectivity index (χ0n) is 16.9. The molecule has 2 amide bonds. The predicted octanol–water partition coefficient (Wildman–Crippen LogP) is 2.86. The van der Waals surface area contributed by atoms with Crippen molar-refractivity contribution in [1.29, 1.82) is 0 Å². The molecule has 3 rings (SSSR count). The van der Waals surface area contributed by atoms with Gasteiger partial charge in [-0.2, -0.15) is 0 Å². The first-order valence-corrected chi connectivity index (χ1v) is 9.82. The average molecular weight is 402 g/mol. The van der Waals surface area contributed by atoms with Gasteiger partial charge in [0.2, 0.25) is 0 Å². The number of hydrogen-bond donors (Lipinski definition) is 1. The minimum absolute atomic E-state index is 0.00281. The van der Waals surface area contributed by atoms with Gasteiger partial charge in [0.1, 0.15) is 12.1 Å². The van der Waals surface area contributed by atoms with Gasteiger partial charge in [-0.3, -0.25) is 9.69 Å². The Balaban J connectivity index is 1.38. The van der Waals surface area contributed by atoms with Crippen LogP contribution in [0.2, 0.25) is 0 Å². The maximum absolute atomic E-state index is 13.0. The van der Waals surface area contributed by atoms with E-state index in [2.05, 4.69) is 15.2 Å². The third-order valence-corrected chi connectivity index (χ3v) is 5.21. The molecule has 8 heteroatoms. The molecule has 1 aromatic carbocycles. The number of aromatic nitrogens is 1. The molecule has 1 saturated heterocycles. The quantitative estimate of drug-likeness (QED) is 0.721. The lowest BCUT2D eigenvalue weighted by Gasteiger charge is -2.33. The Hall–Kier alpha value is -2.74. The highest BCUT2D eigenvalue weighted by molar-refractivity contribution is 5.97. The summed E-state index contributed by atoms with van der Waals surface area (Å²) in [7, 11) is 1.79. The summed E-state index contributed by atoms with van der Waals surface area (Å²) in [4.78, 5) is 32.6. The van der Waals surface area contributed by atoms with Crippen molar-refractivity contribution in [2.45, 2.75) is 26.3 Å².